The number of benzene rings is 2. The van der Waals surface area contributed by atoms with Crippen molar-refractivity contribution in [3.8, 4) is 0 Å². The average Bonchev–Trinajstić information content (AvgIpc) is 2.79. The maximum atomic E-state index is 3.58. The van der Waals surface area contributed by atoms with Crippen molar-refractivity contribution in [3.63, 3.8) is 0 Å². The Morgan fingerprint density at radius 3 is 2.65 bits per heavy atom. The molecule has 1 N–H and O–H groups in total. The van der Waals surface area contributed by atoms with E-state index in [1.54, 1.807) is 0 Å². The fraction of sp³-hybridized carbons (Fsp3) is 0.250. The predicted molar refractivity (Wildman–Crippen MR) is 92.6 cm³/mol. The Morgan fingerprint density at radius 1 is 1.15 bits per heavy atom. The van der Waals surface area contributed by atoms with Crippen LogP contribution in [0, 0.1) is 0 Å². The molecule has 0 radical (unpaired) electrons. The molecule has 2 aromatic rings. The zero-order chi connectivity index (χ0) is 14.1. The molecule has 2 nitrogen and oxygen atoms in total. The molecular weight excluding hydrogens is 380 g/mol. The lowest BCUT2D eigenvalue weighted by Crippen LogP contribution is -2.12. The molecule has 0 saturated heterocycles. The van der Waals surface area contributed by atoms with Gasteiger partial charge in [-0.05, 0) is 67.6 Å². The zero-order valence-electron chi connectivity index (χ0n) is 11.3. The number of hydrogen-bond acceptors (Lipinski definition) is 2. The van der Waals surface area contributed by atoms with Crippen molar-refractivity contribution < 1.29 is 0 Å². The third kappa shape index (κ3) is 2.72. The van der Waals surface area contributed by atoms with Gasteiger partial charge in [0.2, 0.25) is 0 Å². The molecule has 20 heavy (non-hydrogen) atoms. The van der Waals surface area contributed by atoms with Crippen LogP contribution in [0.1, 0.15) is 11.1 Å². The van der Waals surface area contributed by atoms with Crippen molar-refractivity contribution in [2.45, 2.75) is 13.0 Å². The molecule has 0 spiro atoms. The molecular formula is C16H16Br2N2. The molecule has 0 fully saturated rings. The second kappa shape index (κ2) is 5.78. The van der Waals surface area contributed by atoms with Gasteiger partial charge in [-0.3, -0.25) is 0 Å². The van der Waals surface area contributed by atoms with Crippen LogP contribution < -0.4 is 10.2 Å². The van der Waals surface area contributed by atoms with E-state index in [2.05, 4.69) is 67.3 Å². The van der Waals surface area contributed by atoms with E-state index in [0.29, 0.717) is 0 Å². The maximum Gasteiger partial charge on any atom is 0.0631 e. The Hall–Kier alpha value is -1.00. The van der Waals surface area contributed by atoms with E-state index < -0.39 is 0 Å². The fourth-order valence-corrected chi connectivity index (χ4v) is 3.87. The van der Waals surface area contributed by atoms with E-state index in [0.717, 1.165) is 34.1 Å². The Balaban J connectivity index is 1.76. The normalized spacial score (nSPS) is 13.4. The number of halogens is 2. The molecule has 1 heterocycles. The molecule has 104 valence electrons. The van der Waals surface area contributed by atoms with Crippen LogP contribution in [0.25, 0.3) is 0 Å². The van der Waals surface area contributed by atoms with Crippen LogP contribution >= 0.6 is 31.9 Å². The molecule has 0 aromatic heterocycles. The maximum absolute atomic E-state index is 3.58. The standard InChI is InChI=1S/C16H16Br2N2/c1-20-8-7-12-9-11(5-6-15(12)20)10-19-16-13(17)3-2-4-14(16)18/h2-6,9,19H,7-8,10H2,1H3. The van der Waals surface area contributed by atoms with Crippen LogP contribution in [0.15, 0.2) is 45.3 Å². The van der Waals surface area contributed by atoms with Gasteiger partial charge >= 0.3 is 0 Å². The van der Waals surface area contributed by atoms with Gasteiger partial charge in [0.1, 0.15) is 0 Å². The van der Waals surface area contributed by atoms with E-state index in [-0.39, 0.29) is 0 Å². The van der Waals surface area contributed by atoms with Gasteiger partial charge in [0.15, 0.2) is 0 Å². The van der Waals surface area contributed by atoms with Crippen molar-refractivity contribution in [1.82, 2.24) is 0 Å². The summed E-state index contributed by atoms with van der Waals surface area (Å²) in [5.74, 6) is 0. The summed E-state index contributed by atoms with van der Waals surface area (Å²) in [5, 5.41) is 3.49. The summed E-state index contributed by atoms with van der Waals surface area (Å²) in [6.45, 7) is 1.96. The van der Waals surface area contributed by atoms with Gasteiger partial charge in [0.05, 0.1) is 5.69 Å². The van der Waals surface area contributed by atoms with Crippen LogP contribution in [0.5, 0.6) is 0 Å². The van der Waals surface area contributed by atoms with Crippen molar-refractivity contribution in [3.05, 3.63) is 56.5 Å². The number of fused-ring (bicyclic) bond motifs is 1. The number of rotatable bonds is 3. The Bertz CT molecular complexity index is 620. The lowest BCUT2D eigenvalue weighted by atomic mass is 10.1. The predicted octanol–water partition coefficient (Wildman–Crippen LogP) is 4.82. The molecule has 0 bridgehead atoms. The summed E-state index contributed by atoms with van der Waals surface area (Å²) in [6.07, 6.45) is 1.15. The molecule has 0 unspecified atom stereocenters. The van der Waals surface area contributed by atoms with Crippen LogP contribution in [-0.4, -0.2) is 13.6 Å². The Morgan fingerprint density at radius 2 is 1.90 bits per heavy atom. The highest BCUT2D eigenvalue weighted by Crippen LogP contribution is 2.32. The first-order valence-electron chi connectivity index (χ1n) is 6.66. The topological polar surface area (TPSA) is 15.3 Å². The Kier molecular flexibility index (Phi) is 4.03. The third-order valence-corrected chi connectivity index (χ3v) is 5.03. The fourth-order valence-electron chi connectivity index (χ4n) is 2.59. The van der Waals surface area contributed by atoms with E-state index in [1.807, 2.05) is 18.2 Å². The minimum Gasteiger partial charge on any atom is -0.379 e. The highest BCUT2D eigenvalue weighted by Gasteiger charge is 2.15. The van der Waals surface area contributed by atoms with Crippen LogP contribution in [0.3, 0.4) is 0 Å². The molecule has 0 saturated carbocycles. The number of hydrogen-bond donors (Lipinski definition) is 1. The SMILES string of the molecule is CN1CCc2cc(CNc3c(Br)cccc3Br)ccc21. The molecule has 0 aliphatic carbocycles. The minimum absolute atomic E-state index is 0.832. The summed E-state index contributed by atoms with van der Waals surface area (Å²) < 4.78 is 2.15. The summed E-state index contributed by atoms with van der Waals surface area (Å²) >= 11 is 7.16. The lowest BCUT2D eigenvalue weighted by molar-refractivity contribution is 0.955. The van der Waals surface area contributed by atoms with E-state index in [9.17, 15) is 0 Å². The third-order valence-electron chi connectivity index (χ3n) is 3.70. The van der Waals surface area contributed by atoms with Crippen LogP contribution in [-0.2, 0) is 13.0 Å². The second-order valence-electron chi connectivity index (χ2n) is 5.08. The average molecular weight is 396 g/mol. The van der Waals surface area contributed by atoms with Gasteiger partial charge in [-0.25, -0.2) is 0 Å². The number of likely N-dealkylation sites (N-methyl/N-ethyl adjacent to an activating group) is 1. The molecule has 1 aliphatic rings. The zero-order valence-corrected chi connectivity index (χ0v) is 14.5. The first kappa shape index (κ1) is 14.0. The minimum atomic E-state index is 0.832. The van der Waals surface area contributed by atoms with Gasteiger partial charge < -0.3 is 10.2 Å². The monoisotopic (exact) mass is 394 g/mol. The van der Waals surface area contributed by atoms with E-state index in [4.69, 9.17) is 0 Å². The summed E-state index contributed by atoms with van der Waals surface area (Å²) in [6, 6.07) is 12.9. The van der Waals surface area contributed by atoms with Gasteiger partial charge in [-0.2, -0.15) is 0 Å². The first-order chi connectivity index (χ1) is 9.65. The van der Waals surface area contributed by atoms with Crippen molar-refractivity contribution in [2.75, 3.05) is 23.8 Å². The van der Waals surface area contributed by atoms with Crippen molar-refractivity contribution >= 4 is 43.2 Å². The number of para-hydroxylation sites is 1. The first-order valence-corrected chi connectivity index (χ1v) is 8.24. The highest BCUT2D eigenvalue weighted by atomic mass is 79.9. The Labute approximate surface area is 136 Å². The number of anilines is 2. The summed E-state index contributed by atoms with van der Waals surface area (Å²) in [4.78, 5) is 2.32. The molecule has 0 atom stereocenters. The van der Waals surface area contributed by atoms with Crippen molar-refractivity contribution in [1.29, 1.82) is 0 Å². The number of nitrogens with one attached hydrogen (secondary N) is 1. The van der Waals surface area contributed by atoms with Gasteiger partial charge in [0.25, 0.3) is 0 Å². The van der Waals surface area contributed by atoms with E-state index in [1.165, 1.54) is 16.8 Å². The van der Waals surface area contributed by atoms with Gasteiger partial charge in [0, 0.05) is 34.8 Å². The van der Waals surface area contributed by atoms with Crippen LogP contribution in [0.2, 0.25) is 0 Å². The molecule has 2 aromatic carbocycles. The van der Waals surface area contributed by atoms with Gasteiger partial charge in [-0.15, -0.1) is 0 Å². The largest absolute Gasteiger partial charge is 0.379 e. The van der Waals surface area contributed by atoms with Crippen molar-refractivity contribution in [2.24, 2.45) is 0 Å². The summed E-state index contributed by atoms with van der Waals surface area (Å²) in [7, 11) is 2.15. The van der Waals surface area contributed by atoms with Gasteiger partial charge in [-0.1, -0.05) is 18.2 Å². The molecule has 4 heteroatoms. The molecule has 1 aliphatic heterocycles. The second-order valence-corrected chi connectivity index (χ2v) is 6.79. The van der Waals surface area contributed by atoms with Crippen LogP contribution in [0.4, 0.5) is 11.4 Å². The van der Waals surface area contributed by atoms with E-state index >= 15 is 0 Å². The molecule has 3 rings (SSSR count). The number of nitrogens with zero attached hydrogens (tertiary/aromatic N) is 1. The summed E-state index contributed by atoms with van der Waals surface area (Å²) in [5.41, 5.74) is 5.25. The smallest absolute Gasteiger partial charge is 0.0631 e. The lowest BCUT2D eigenvalue weighted by Gasteiger charge is -2.14. The molecule has 0 amide bonds. The quantitative estimate of drug-likeness (QED) is 0.801. The highest BCUT2D eigenvalue weighted by molar-refractivity contribution is 9.11.